The SMILES string of the molecule is CCCCCN=C(NCC)NCCc1ccc2c(c1)OCO2. The number of nitrogens with one attached hydrogen (secondary N) is 2. The standard InChI is InChI=1S/C17H27N3O2/c1-3-5-6-10-19-17(18-4-2)20-11-9-14-7-8-15-16(12-14)22-13-21-15/h7-8,12H,3-6,9-11,13H2,1-2H3,(H2,18,19,20). The van der Waals surface area contributed by atoms with Crippen molar-refractivity contribution in [3.63, 3.8) is 0 Å². The van der Waals surface area contributed by atoms with Gasteiger partial charge in [0.2, 0.25) is 6.79 Å². The second kappa shape index (κ2) is 9.18. The number of guanidine groups is 1. The second-order valence-electron chi connectivity index (χ2n) is 5.33. The second-order valence-corrected chi connectivity index (χ2v) is 5.33. The summed E-state index contributed by atoms with van der Waals surface area (Å²) in [6, 6.07) is 6.11. The van der Waals surface area contributed by atoms with E-state index in [4.69, 9.17) is 9.47 Å². The molecule has 5 nitrogen and oxygen atoms in total. The van der Waals surface area contributed by atoms with Gasteiger partial charge in [-0.1, -0.05) is 25.8 Å². The molecule has 0 bridgehead atoms. The van der Waals surface area contributed by atoms with Crippen molar-refractivity contribution in [3.8, 4) is 11.5 Å². The Balaban J connectivity index is 1.77. The Kier molecular flexibility index (Phi) is 6.87. The lowest BCUT2D eigenvalue weighted by molar-refractivity contribution is 0.174. The molecule has 1 aliphatic heterocycles. The Morgan fingerprint density at radius 2 is 2.00 bits per heavy atom. The van der Waals surface area contributed by atoms with Crippen LogP contribution in [0.5, 0.6) is 11.5 Å². The maximum Gasteiger partial charge on any atom is 0.231 e. The number of hydrogen-bond donors (Lipinski definition) is 2. The lowest BCUT2D eigenvalue weighted by Gasteiger charge is -2.11. The number of aliphatic imine (C=N–C) groups is 1. The minimum atomic E-state index is 0.325. The van der Waals surface area contributed by atoms with Crippen LogP contribution in [-0.2, 0) is 6.42 Å². The summed E-state index contributed by atoms with van der Waals surface area (Å²) in [4.78, 5) is 4.59. The fourth-order valence-electron chi connectivity index (χ4n) is 2.32. The minimum absolute atomic E-state index is 0.325. The van der Waals surface area contributed by atoms with Crippen LogP contribution >= 0.6 is 0 Å². The fourth-order valence-corrected chi connectivity index (χ4v) is 2.32. The highest BCUT2D eigenvalue weighted by atomic mass is 16.7. The third kappa shape index (κ3) is 5.13. The number of unbranched alkanes of at least 4 members (excludes halogenated alkanes) is 2. The highest BCUT2D eigenvalue weighted by molar-refractivity contribution is 5.79. The molecule has 0 aromatic heterocycles. The molecule has 0 unspecified atom stereocenters. The number of nitrogens with zero attached hydrogens (tertiary/aromatic N) is 1. The molecule has 2 rings (SSSR count). The van der Waals surface area contributed by atoms with Gasteiger partial charge >= 0.3 is 0 Å². The Morgan fingerprint density at radius 3 is 2.82 bits per heavy atom. The van der Waals surface area contributed by atoms with E-state index in [2.05, 4.69) is 41.6 Å². The first-order valence-electron chi connectivity index (χ1n) is 8.24. The predicted octanol–water partition coefficient (Wildman–Crippen LogP) is 2.70. The Bertz CT molecular complexity index is 489. The van der Waals surface area contributed by atoms with Gasteiger partial charge in [-0.15, -0.1) is 0 Å². The summed E-state index contributed by atoms with van der Waals surface area (Å²) in [6.07, 6.45) is 4.54. The molecule has 1 aromatic carbocycles. The molecule has 5 heteroatoms. The number of hydrogen-bond acceptors (Lipinski definition) is 3. The van der Waals surface area contributed by atoms with E-state index < -0.39 is 0 Å². The van der Waals surface area contributed by atoms with Gasteiger partial charge in [0.1, 0.15) is 0 Å². The molecule has 0 aliphatic carbocycles. The largest absolute Gasteiger partial charge is 0.454 e. The van der Waals surface area contributed by atoms with Crippen LogP contribution in [0.25, 0.3) is 0 Å². The topological polar surface area (TPSA) is 54.9 Å². The molecule has 0 fully saturated rings. The summed E-state index contributed by atoms with van der Waals surface area (Å²) in [6.45, 7) is 7.22. The Labute approximate surface area is 133 Å². The van der Waals surface area contributed by atoms with E-state index in [-0.39, 0.29) is 0 Å². The summed E-state index contributed by atoms with van der Waals surface area (Å²) in [7, 11) is 0. The maximum atomic E-state index is 5.40. The predicted molar refractivity (Wildman–Crippen MR) is 89.8 cm³/mol. The molecule has 0 radical (unpaired) electrons. The first-order valence-corrected chi connectivity index (χ1v) is 8.24. The smallest absolute Gasteiger partial charge is 0.231 e. The molecular weight excluding hydrogens is 278 g/mol. The van der Waals surface area contributed by atoms with Crippen molar-refractivity contribution in [1.29, 1.82) is 0 Å². The first-order chi connectivity index (χ1) is 10.8. The van der Waals surface area contributed by atoms with Crippen molar-refractivity contribution in [2.45, 2.75) is 39.5 Å². The fraction of sp³-hybridized carbons (Fsp3) is 0.588. The van der Waals surface area contributed by atoms with Gasteiger partial charge in [0.25, 0.3) is 0 Å². The van der Waals surface area contributed by atoms with Crippen molar-refractivity contribution < 1.29 is 9.47 Å². The average Bonchev–Trinajstić information content (AvgIpc) is 2.99. The molecule has 22 heavy (non-hydrogen) atoms. The summed E-state index contributed by atoms with van der Waals surface area (Å²) >= 11 is 0. The van der Waals surface area contributed by atoms with Crippen molar-refractivity contribution in [3.05, 3.63) is 23.8 Å². The summed E-state index contributed by atoms with van der Waals surface area (Å²) < 4.78 is 10.7. The normalized spacial score (nSPS) is 13.3. The monoisotopic (exact) mass is 305 g/mol. The van der Waals surface area contributed by atoms with Crippen LogP contribution < -0.4 is 20.1 Å². The lowest BCUT2D eigenvalue weighted by Crippen LogP contribution is -2.38. The molecule has 2 N–H and O–H groups in total. The number of rotatable bonds is 8. The van der Waals surface area contributed by atoms with Crippen LogP contribution in [0.2, 0.25) is 0 Å². The van der Waals surface area contributed by atoms with E-state index in [9.17, 15) is 0 Å². The molecule has 0 saturated carbocycles. The molecule has 1 aliphatic rings. The van der Waals surface area contributed by atoms with Gasteiger partial charge in [0, 0.05) is 19.6 Å². The number of ether oxygens (including phenoxy) is 2. The van der Waals surface area contributed by atoms with Gasteiger partial charge < -0.3 is 20.1 Å². The van der Waals surface area contributed by atoms with Crippen LogP contribution in [-0.4, -0.2) is 32.4 Å². The summed E-state index contributed by atoms with van der Waals surface area (Å²) in [5.74, 6) is 2.58. The van der Waals surface area contributed by atoms with Crippen LogP contribution in [0.15, 0.2) is 23.2 Å². The van der Waals surface area contributed by atoms with E-state index >= 15 is 0 Å². The van der Waals surface area contributed by atoms with Crippen LogP contribution in [0.4, 0.5) is 0 Å². The molecule has 0 saturated heterocycles. The van der Waals surface area contributed by atoms with Crippen LogP contribution in [0.3, 0.4) is 0 Å². The zero-order valence-electron chi connectivity index (χ0n) is 13.7. The van der Waals surface area contributed by atoms with Crippen LogP contribution in [0.1, 0.15) is 38.7 Å². The van der Waals surface area contributed by atoms with Gasteiger partial charge in [-0.3, -0.25) is 4.99 Å². The van der Waals surface area contributed by atoms with E-state index in [0.29, 0.717) is 6.79 Å². The first kappa shape index (κ1) is 16.5. The van der Waals surface area contributed by atoms with Crippen molar-refractivity contribution in [2.24, 2.45) is 4.99 Å². The molecule has 1 heterocycles. The van der Waals surface area contributed by atoms with Gasteiger partial charge in [-0.05, 0) is 37.5 Å². The minimum Gasteiger partial charge on any atom is -0.454 e. The third-order valence-corrected chi connectivity index (χ3v) is 3.52. The Hall–Kier alpha value is -1.91. The van der Waals surface area contributed by atoms with E-state index in [1.165, 1.54) is 18.4 Å². The van der Waals surface area contributed by atoms with E-state index in [0.717, 1.165) is 49.9 Å². The zero-order valence-corrected chi connectivity index (χ0v) is 13.7. The average molecular weight is 305 g/mol. The summed E-state index contributed by atoms with van der Waals surface area (Å²) in [5.41, 5.74) is 1.23. The van der Waals surface area contributed by atoms with Gasteiger partial charge in [-0.2, -0.15) is 0 Å². The van der Waals surface area contributed by atoms with Crippen molar-refractivity contribution >= 4 is 5.96 Å². The van der Waals surface area contributed by atoms with Gasteiger partial charge in [-0.25, -0.2) is 0 Å². The lowest BCUT2D eigenvalue weighted by atomic mass is 10.1. The molecule has 0 amide bonds. The molecule has 122 valence electrons. The zero-order chi connectivity index (χ0) is 15.6. The molecule has 1 aromatic rings. The number of benzene rings is 1. The highest BCUT2D eigenvalue weighted by Crippen LogP contribution is 2.32. The van der Waals surface area contributed by atoms with Crippen molar-refractivity contribution in [2.75, 3.05) is 26.4 Å². The quantitative estimate of drug-likeness (QED) is 0.440. The molecule has 0 spiro atoms. The highest BCUT2D eigenvalue weighted by Gasteiger charge is 2.12. The van der Waals surface area contributed by atoms with Gasteiger partial charge in [0.05, 0.1) is 0 Å². The third-order valence-electron chi connectivity index (χ3n) is 3.52. The van der Waals surface area contributed by atoms with E-state index in [1.807, 2.05) is 6.07 Å². The van der Waals surface area contributed by atoms with Gasteiger partial charge in [0.15, 0.2) is 17.5 Å². The molecular formula is C17H27N3O2. The van der Waals surface area contributed by atoms with E-state index in [1.54, 1.807) is 0 Å². The number of fused-ring (bicyclic) bond motifs is 1. The van der Waals surface area contributed by atoms with Crippen molar-refractivity contribution in [1.82, 2.24) is 10.6 Å². The maximum absolute atomic E-state index is 5.40. The molecule has 0 atom stereocenters. The van der Waals surface area contributed by atoms with Crippen LogP contribution in [0, 0.1) is 0 Å². The summed E-state index contributed by atoms with van der Waals surface area (Å²) in [5, 5.41) is 6.66. The Morgan fingerprint density at radius 1 is 1.14 bits per heavy atom.